The summed E-state index contributed by atoms with van der Waals surface area (Å²) in [5.74, 6) is 1.23. The number of nitrogens with one attached hydrogen (secondary N) is 1. The normalized spacial score (nSPS) is 10.9. The molecule has 3 N–H and O–H groups in total. The Kier molecular flexibility index (Phi) is 4.33. The van der Waals surface area contributed by atoms with Crippen molar-refractivity contribution in [2.24, 2.45) is 10.8 Å². The van der Waals surface area contributed by atoms with Gasteiger partial charge in [0.1, 0.15) is 0 Å². The number of ether oxygens (including phenoxy) is 2. The van der Waals surface area contributed by atoms with Crippen LogP contribution in [0.4, 0.5) is 4.79 Å². The Morgan fingerprint density at radius 1 is 1.29 bits per heavy atom. The summed E-state index contributed by atoms with van der Waals surface area (Å²) in [6.45, 7) is 1.75. The molecule has 1 aromatic carbocycles. The molecule has 0 radical (unpaired) electrons. The van der Waals surface area contributed by atoms with Crippen LogP contribution < -0.4 is 20.6 Å². The molecule has 0 heterocycles. The van der Waals surface area contributed by atoms with Gasteiger partial charge in [-0.3, -0.25) is 0 Å². The van der Waals surface area contributed by atoms with Crippen LogP contribution in [-0.4, -0.2) is 26.0 Å². The molecule has 6 heteroatoms. The van der Waals surface area contributed by atoms with E-state index in [4.69, 9.17) is 15.2 Å². The number of nitrogens with zero attached hydrogens (tertiary/aromatic N) is 1. The molecule has 17 heavy (non-hydrogen) atoms. The monoisotopic (exact) mass is 237 g/mol. The minimum Gasteiger partial charge on any atom is -0.493 e. The summed E-state index contributed by atoms with van der Waals surface area (Å²) >= 11 is 0. The van der Waals surface area contributed by atoms with Crippen molar-refractivity contribution in [3.63, 3.8) is 0 Å². The van der Waals surface area contributed by atoms with Crippen LogP contribution in [0.25, 0.3) is 0 Å². The van der Waals surface area contributed by atoms with Gasteiger partial charge in [0.2, 0.25) is 0 Å². The third kappa shape index (κ3) is 3.37. The summed E-state index contributed by atoms with van der Waals surface area (Å²) < 4.78 is 10.3. The molecule has 2 amide bonds. The highest BCUT2D eigenvalue weighted by Gasteiger charge is 2.06. The van der Waals surface area contributed by atoms with E-state index in [0.717, 1.165) is 5.56 Å². The average Bonchev–Trinajstić information content (AvgIpc) is 2.34. The number of carbonyl (C=O) groups excluding carboxylic acids is 1. The summed E-state index contributed by atoms with van der Waals surface area (Å²) in [6, 6.07) is 4.63. The van der Waals surface area contributed by atoms with Crippen LogP contribution in [0.15, 0.2) is 23.3 Å². The van der Waals surface area contributed by atoms with E-state index in [1.54, 1.807) is 33.3 Å². The lowest BCUT2D eigenvalue weighted by Crippen LogP contribution is -2.25. The predicted octanol–water partition coefficient (Wildman–Crippen LogP) is 1.10. The number of rotatable bonds is 4. The lowest BCUT2D eigenvalue weighted by molar-refractivity contribution is 0.249. The Labute approximate surface area is 99.4 Å². The zero-order valence-corrected chi connectivity index (χ0v) is 9.98. The Morgan fingerprint density at radius 3 is 2.47 bits per heavy atom. The van der Waals surface area contributed by atoms with Crippen LogP contribution in [0.3, 0.4) is 0 Å². The van der Waals surface area contributed by atoms with Crippen molar-refractivity contribution in [3.8, 4) is 11.5 Å². The lowest BCUT2D eigenvalue weighted by atomic mass is 10.1. The quantitative estimate of drug-likeness (QED) is 0.607. The molecule has 0 aliphatic rings. The second kappa shape index (κ2) is 5.74. The molecule has 92 valence electrons. The molecule has 6 nitrogen and oxygen atoms in total. The van der Waals surface area contributed by atoms with Gasteiger partial charge in [0.05, 0.1) is 19.9 Å². The second-order valence-electron chi connectivity index (χ2n) is 3.24. The molecule has 0 saturated heterocycles. The van der Waals surface area contributed by atoms with Crippen LogP contribution in [0.5, 0.6) is 11.5 Å². The maximum absolute atomic E-state index is 10.5. The molecule has 1 rings (SSSR count). The number of primary amides is 1. The maximum atomic E-state index is 10.5. The highest BCUT2D eigenvalue weighted by atomic mass is 16.5. The standard InChI is InChI=1S/C11H15N3O3/c1-7(13-14-11(12)15)8-4-5-9(16-2)10(6-8)17-3/h4-6H,1-3H3,(H3,12,14,15)/b13-7+. The van der Waals surface area contributed by atoms with Crippen LogP contribution in [0, 0.1) is 0 Å². The SMILES string of the molecule is COc1ccc(/C(C)=N/NC(N)=O)cc1OC. The first-order valence-corrected chi connectivity index (χ1v) is 4.90. The number of methoxy groups -OCH3 is 2. The first kappa shape index (κ1) is 12.8. The Bertz CT molecular complexity index is 444. The molecular weight excluding hydrogens is 222 g/mol. The Hall–Kier alpha value is -2.24. The molecule has 1 aromatic rings. The molecule has 0 atom stereocenters. The van der Waals surface area contributed by atoms with Crippen LogP contribution in [0.1, 0.15) is 12.5 Å². The van der Waals surface area contributed by atoms with Gasteiger partial charge in [-0.15, -0.1) is 0 Å². The molecule has 0 fully saturated rings. The molecular formula is C11H15N3O3. The number of benzene rings is 1. The third-order valence-electron chi connectivity index (χ3n) is 2.14. The van der Waals surface area contributed by atoms with E-state index in [9.17, 15) is 4.79 Å². The van der Waals surface area contributed by atoms with Gasteiger partial charge in [-0.25, -0.2) is 10.2 Å². The van der Waals surface area contributed by atoms with Crippen LogP contribution in [-0.2, 0) is 0 Å². The first-order chi connectivity index (χ1) is 8.08. The second-order valence-corrected chi connectivity index (χ2v) is 3.24. The van der Waals surface area contributed by atoms with Crippen molar-refractivity contribution in [1.29, 1.82) is 0 Å². The van der Waals surface area contributed by atoms with Gasteiger partial charge in [-0.2, -0.15) is 5.10 Å². The van der Waals surface area contributed by atoms with Gasteiger partial charge in [-0.1, -0.05) is 0 Å². The summed E-state index contributed by atoms with van der Waals surface area (Å²) in [5, 5.41) is 3.82. The average molecular weight is 237 g/mol. The fraction of sp³-hybridized carbons (Fsp3) is 0.273. The Morgan fingerprint density at radius 2 is 1.94 bits per heavy atom. The van der Waals surface area contributed by atoms with Crippen molar-refractivity contribution in [2.45, 2.75) is 6.92 Å². The van der Waals surface area contributed by atoms with E-state index in [0.29, 0.717) is 17.2 Å². The number of hydrazone groups is 1. The van der Waals surface area contributed by atoms with Gasteiger partial charge in [0.15, 0.2) is 11.5 Å². The maximum Gasteiger partial charge on any atom is 0.332 e. The fourth-order valence-electron chi connectivity index (χ4n) is 1.26. The zero-order chi connectivity index (χ0) is 12.8. The molecule has 0 bridgehead atoms. The predicted molar refractivity (Wildman–Crippen MR) is 64.5 cm³/mol. The summed E-state index contributed by atoms with van der Waals surface area (Å²) in [6.07, 6.45) is 0. The summed E-state index contributed by atoms with van der Waals surface area (Å²) in [5.41, 5.74) is 8.50. The number of amides is 2. The van der Waals surface area contributed by atoms with E-state index in [1.165, 1.54) is 0 Å². The van der Waals surface area contributed by atoms with Gasteiger partial charge < -0.3 is 15.2 Å². The van der Waals surface area contributed by atoms with Gasteiger partial charge >= 0.3 is 6.03 Å². The van der Waals surface area contributed by atoms with Crippen LogP contribution >= 0.6 is 0 Å². The minimum atomic E-state index is -0.704. The van der Waals surface area contributed by atoms with E-state index >= 15 is 0 Å². The van der Waals surface area contributed by atoms with Crippen molar-refractivity contribution in [3.05, 3.63) is 23.8 Å². The number of nitrogens with two attached hydrogens (primary N) is 1. The molecule has 0 unspecified atom stereocenters. The van der Waals surface area contributed by atoms with Gasteiger partial charge in [-0.05, 0) is 25.1 Å². The van der Waals surface area contributed by atoms with E-state index in [1.807, 2.05) is 6.07 Å². The summed E-state index contributed by atoms with van der Waals surface area (Å²) in [7, 11) is 3.11. The molecule has 0 aliphatic heterocycles. The number of carbonyl (C=O) groups is 1. The largest absolute Gasteiger partial charge is 0.493 e. The number of hydrogen-bond donors (Lipinski definition) is 2. The fourth-order valence-corrected chi connectivity index (χ4v) is 1.26. The summed E-state index contributed by atoms with van der Waals surface area (Å²) in [4.78, 5) is 10.5. The molecule has 0 aliphatic carbocycles. The molecule has 0 spiro atoms. The van der Waals surface area contributed by atoms with Gasteiger partial charge in [0, 0.05) is 5.56 Å². The first-order valence-electron chi connectivity index (χ1n) is 4.90. The lowest BCUT2D eigenvalue weighted by Gasteiger charge is -2.09. The third-order valence-corrected chi connectivity index (χ3v) is 2.14. The van der Waals surface area contributed by atoms with Gasteiger partial charge in [0.25, 0.3) is 0 Å². The van der Waals surface area contributed by atoms with Crippen LogP contribution in [0.2, 0.25) is 0 Å². The van der Waals surface area contributed by atoms with E-state index in [2.05, 4.69) is 10.5 Å². The zero-order valence-electron chi connectivity index (χ0n) is 9.98. The number of urea groups is 1. The molecule has 0 saturated carbocycles. The Balaban J connectivity index is 2.99. The highest BCUT2D eigenvalue weighted by molar-refractivity contribution is 5.99. The molecule has 0 aromatic heterocycles. The van der Waals surface area contributed by atoms with E-state index in [-0.39, 0.29) is 0 Å². The van der Waals surface area contributed by atoms with Crippen molar-refractivity contribution < 1.29 is 14.3 Å². The van der Waals surface area contributed by atoms with E-state index < -0.39 is 6.03 Å². The van der Waals surface area contributed by atoms with Crippen molar-refractivity contribution in [2.75, 3.05) is 14.2 Å². The topological polar surface area (TPSA) is 85.9 Å². The smallest absolute Gasteiger partial charge is 0.332 e. The van der Waals surface area contributed by atoms with Crippen molar-refractivity contribution in [1.82, 2.24) is 5.43 Å². The minimum absolute atomic E-state index is 0.596. The number of hydrogen-bond acceptors (Lipinski definition) is 4. The van der Waals surface area contributed by atoms with Crippen molar-refractivity contribution >= 4 is 11.7 Å². The highest BCUT2D eigenvalue weighted by Crippen LogP contribution is 2.27.